The van der Waals surface area contributed by atoms with Gasteiger partial charge in [-0.25, -0.2) is 9.59 Å². The SMILES string of the molecule is CCCC[C@H](NC(=O)NC(c1cccs1)C(C)C)C(=O)O. The van der Waals surface area contributed by atoms with Gasteiger partial charge in [0.05, 0.1) is 6.04 Å². The van der Waals surface area contributed by atoms with Crippen molar-refractivity contribution < 1.29 is 14.7 Å². The van der Waals surface area contributed by atoms with Crippen molar-refractivity contribution >= 4 is 23.3 Å². The van der Waals surface area contributed by atoms with Gasteiger partial charge in [-0.1, -0.05) is 39.7 Å². The molecule has 0 spiro atoms. The Morgan fingerprint density at radius 3 is 2.52 bits per heavy atom. The fourth-order valence-electron chi connectivity index (χ4n) is 2.04. The van der Waals surface area contributed by atoms with Crippen molar-refractivity contribution in [3.05, 3.63) is 22.4 Å². The van der Waals surface area contributed by atoms with Crippen LogP contribution in [0, 0.1) is 5.92 Å². The Kier molecular flexibility index (Phi) is 7.22. The van der Waals surface area contributed by atoms with Crippen LogP contribution in [0.5, 0.6) is 0 Å². The van der Waals surface area contributed by atoms with E-state index in [1.807, 2.05) is 38.3 Å². The molecule has 0 aliphatic heterocycles. The zero-order valence-electron chi connectivity index (χ0n) is 12.8. The molecule has 0 saturated heterocycles. The molecular formula is C15H24N2O3S. The van der Waals surface area contributed by atoms with Crippen molar-refractivity contribution in [3.8, 4) is 0 Å². The summed E-state index contributed by atoms with van der Waals surface area (Å²) in [5, 5.41) is 16.5. The Morgan fingerprint density at radius 1 is 1.33 bits per heavy atom. The van der Waals surface area contributed by atoms with E-state index in [1.165, 1.54) is 0 Å². The number of hydrogen-bond donors (Lipinski definition) is 3. The molecule has 6 heteroatoms. The van der Waals surface area contributed by atoms with Crippen molar-refractivity contribution in [2.45, 2.75) is 52.1 Å². The molecule has 5 nitrogen and oxygen atoms in total. The number of aliphatic carboxylic acids is 1. The fraction of sp³-hybridized carbons (Fsp3) is 0.600. The third kappa shape index (κ3) is 5.75. The second kappa shape index (κ2) is 8.67. The predicted octanol–water partition coefficient (Wildman–Crippen LogP) is 3.39. The summed E-state index contributed by atoms with van der Waals surface area (Å²) in [7, 11) is 0. The quantitative estimate of drug-likeness (QED) is 0.688. The molecule has 1 aromatic rings. The highest BCUT2D eigenvalue weighted by molar-refractivity contribution is 7.10. The molecule has 0 bridgehead atoms. The summed E-state index contributed by atoms with van der Waals surface area (Å²) in [5.74, 6) is -0.760. The number of unbranched alkanes of at least 4 members (excludes halogenated alkanes) is 1. The van der Waals surface area contributed by atoms with Gasteiger partial charge in [-0.3, -0.25) is 0 Å². The molecule has 1 unspecified atom stereocenters. The normalized spacial score (nSPS) is 13.7. The summed E-state index contributed by atoms with van der Waals surface area (Å²) in [6.07, 6.45) is 2.12. The average molecular weight is 312 g/mol. The van der Waals surface area contributed by atoms with E-state index in [0.717, 1.165) is 17.7 Å². The number of hydrogen-bond acceptors (Lipinski definition) is 3. The molecule has 21 heavy (non-hydrogen) atoms. The Hall–Kier alpha value is -1.56. The lowest BCUT2D eigenvalue weighted by molar-refractivity contribution is -0.139. The van der Waals surface area contributed by atoms with Gasteiger partial charge in [-0.2, -0.15) is 0 Å². The number of amides is 2. The lowest BCUT2D eigenvalue weighted by Crippen LogP contribution is -2.47. The molecule has 0 aromatic carbocycles. The zero-order valence-corrected chi connectivity index (χ0v) is 13.6. The Labute approximate surface area is 129 Å². The first-order valence-corrected chi connectivity index (χ1v) is 8.16. The second-order valence-electron chi connectivity index (χ2n) is 5.39. The van der Waals surface area contributed by atoms with Crippen LogP contribution >= 0.6 is 11.3 Å². The number of carbonyl (C=O) groups excluding carboxylic acids is 1. The van der Waals surface area contributed by atoms with Crippen molar-refractivity contribution in [3.63, 3.8) is 0 Å². The van der Waals surface area contributed by atoms with Crippen molar-refractivity contribution in [1.82, 2.24) is 10.6 Å². The summed E-state index contributed by atoms with van der Waals surface area (Å²) in [4.78, 5) is 24.3. The third-order valence-corrected chi connectivity index (χ3v) is 4.21. The molecule has 2 amide bonds. The number of nitrogens with one attached hydrogen (secondary N) is 2. The van der Waals surface area contributed by atoms with Crippen molar-refractivity contribution in [2.75, 3.05) is 0 Å². The maximum atomic E-state index is 12.1. The van der Waals surface area contributed by atoms with E-state index in [1.54, 1.807) is 11.3 Å². The highest BCUT2D eigenvalue weighted by atomic mass is 32.1. The molecule has 0 radical (unpaired) electrons. The lowest BCUT2D eigenvalue weighted by atomic mass is 10.0. The van der Waals surface area contributed by atoms with Crippen LogP contribution in [0.25, 0.3) is 0 Å². The van der Waals surface area contributed by atoms with Crippen LogP contribution in [0.3, 0.4) is 0 Å². The van der Waals surface area contributed by atoms with Crippen LogP contribution < -0.4 is 10.6 Å². The van der Waals surface area contributed by atoms with E-state index in [2.05, 4.69) is 10.6 Å². The topological polar surface area (TPSA) is 78.4 Å². The van der Waals surface area contributed by atoms with E-state index in [-0.39, 0.29) is 12.0 Å². The summed E-state index contributed by atoms with van der Waals surface area (Å²) in [5.41, 5.74) is 0. The number of carboxylic acids is 1. The smallest absolute Gasteiger partial charge is 0.326 e. The molecule has 1 heterocycles. The summed E-state index contributed by atoms with van der Waals surface area (Å²) in [6, 6.07) is 2.55. The van der Waals surface area contributed by atoms with Gasteiger partial charge in [0, 0.05) is 4.88 Å². The van der Waals surface area contributed by atoms with Gasteiger partial charge in [0.25, 0.3) is 0 Å². The molecule has 1 aromatic heterocycles. The third-order valence-electron chi connectivity index (χ3n) is 3.25. The maximum absolute atomic E-state index is 12.1. The van der Waals surface area contributed by atoms with Gasteiger partial charge < -0.3 is 15.7 Å². The van der Waals surface area contributed by atoms with Crippen LogP contribution in [-0.4, -0.2) is 23.1 Å². The molecular weight excluding hydrogens is 288 g/mol. The van der Waals surface area contributed by atoms with Gasteiger partial charge in [0.15, 0.2) is 0 Å². The summed E-state index contributed by atoms with van der Waals surface area (Å²) < 4.78 is 0. The monoisotopic (exact) mass is 312 g/mol. The zero-order chi connectivity index (χ0) is 15.8. The van der Waals surface area contributed by atoms with Gasteiger partial charge in [0.2, 0.25) is 0 Å². The van der Waals surface area contributed by atoms with Crippen LogP contribution in [-0.2, 0) is 4.79 Å². The van der Waals surface area contributed by atoms with Crippen molar-refractivity contribution in [2.24, 2.45) is 5.92 Å². The standard InChI is InChI=1S/C15H24N2O3S/c1-4-5-7-11(14(18)19)16-15(20)17-13(10(2)3)12-8-6-9-21-12/h6,8-11,13H,4-5,7H2,1-3H3,(H,18,19)(H2,16,17,20)/t11-,13?/m0/s1. The van der Waals surface area contributed by atoms with Crippen LogP contribution in [0.2, 0.25) is 0 Å². The van der Waals surface area contributed by atoms with E-state index < -0.39 is 18.0 Å². The Balaban J connectivity index is 2.62. The van der Waals surface area contributed by atoms with Crippen LogP contribution in [0.4, 0.5) is 4.79 Å². The molecule has 118 valence electrons. The number of urea groups is 1. The largest absolute Gasteiger partial charge is 0.480 e. The summed E-state index contributed by atoms with van der Waals surface area (Å²) in [6.45, 7) is 6.04. The first-order chi connectivity index (χ1) is 9.95. The minimum Gasteiger partial charge on any atom is -0.480 e. The van der Waals surface area contributed by atoms with E-state index in [9.17, 15) is 9.59 Å². The average Bonchev–Trinajstić information content (AvgIpc) is 2.93. The fourth-order valence-corrected chi connectivity index (χ4v) is 2.99. The van der Waals surface area contributed by atoms with Gasteiger partial charge in [-0.05, 0) is 23.8 Å². The lowest BCUT2D eigenvalue weighted by Gasteiger charge is -2.23. The number of thiophene rings is 1. The molecule has 0 saturated carbocycles. The molecule has 0 aliphatic carbocycles. The van der Waals surface area contributed by atoms with E-state index >= 15 is 0 Å². The minimum absolute atomic E-state index is 0.106. The predicted molar refractivity (Wildman–Crippen MR) is 84.5 cm³/mol. The molecule has 2 atom stereocenters. The van der Waals surface area contributed by atoms with Gasteiger partial charge in [-0.15, -0.1) is 11.3 Å². The van der Waals surface area contributed by atoms with Crippen molar-refractivity contribution in [1.29, 1.82) is 0 Å². The molecule has 0 aliphatic rings. The van der Waals surface area contributed by atoms with E-state index in [0.29, 0.717) is 6.42 Å². The Morgan fingerprint density at radius 2 is 2.05 bits per heavy atom. The first-order valence-electron chi connectivity index (χ1n) is 7.29. The highest BCUT2D eigenvalue weighted by Gasteiger charge is 2.23. The number of carboxylic acid groups (broad SMARTS) is 1. The van der Waals surface area contributed by atoms with E-state index in [4.69, 9.17) is 5.11 Å². The van der Waals surface area contributed by atoms with Crippen LogP contribution in [0.15, 0.2) is 17.5 Å². The molecule has 1 rings (SSSR count). The molecule has 3 N–H and O–H groups in total. The minimum atomic E-state index is -0.990. The number of carbonyl (C=O) groups is 2. The van der Waals surface area contributed by atoms with Gasteiger partial charge in [0.1, 0.15) is 6.04 Å². The second-order valence-corrected chi connectivity index (χ2v) is 6.37. The highest BCUT2D eigenvalue weighted by Crippen LogP contribution is 2.25. The Bertz CT molecular complexity index is 446. The van der Waals surface area contributed by atoms with Gasteiger partial charge >= 0.3 is 12.0 Å². The maximum Gasteiger partial charge on any atom is 0.326 e. The van der Waals surface area contributed by atoms with Crippen LogP contribution in [0.1, 0.15) is 51.0 Å². The molecule has 0 fully saturated rings. The number of rotatable bonds is 8. The summed E-state index contributed by atoms with van der Waals surface area (Å²) >= 11 is 1.58. The first kappa shape index (κ1) is 17.5.